The fraction of sp³-hybridized carbons (Fsp3) is 0. The molecule has 3 N–H and O–H groups in total. The summed E-state index contributed by atoms with van der Waals surface area (Å²) >= 11 is -0.188. The standard InChI is InChI=1S/C7H6O2.Cu.2H2O/c8-7(9)6-4-2-1-3-5-6;;;/h1-5H,(H,8,9);;2*1H2/q;+2;;/p-2. The maximum atomic E-state index is 10.2. The Morgan fingerprint density at radius 1 is 1.17 bits per heavy atom. The summed E-state index contributed by atoms with van der Waals surface area (Å²) < 4.78 is 14.1. The van der Waals surface area contributed by atoms with Crippen molar-refractivity contribution in [3.05, 3.63) is 35.9 Å². The Morgan fingerprint density at radius 3 is 1.83 bits per heavy atom. The number of carboxylic acids is 1. The molecular formula is C7H8CuO4. The number of hydrogen-bond donors (Lipinski definition) is 3. The van der Waals surface area contributed by atoms with E-state index in [2.05, 4.69) is 0 Å². The summed E-state index contributed by atoms with van der Waals surface area (Å²) in [7, 11) is 0. The molecule has 0 atom stereocenters. The molecule has 1 aromatic rings. The molecular weight excluding hydrogens is 212 g/mol. The Bertz CT molecular complexity index is 224. The van der Waals surface area contributed by atoms with E-state index in [0.717, 1.165) is 0 Å². The fourth-order valence-corrected chi connectivity index (χ4v) is 0.581. The quantitative estimate of drug-likeness (QED) is 0.593. The second kappa shape index (κ2) is 6.82. The van der Waals surface area contributed by atoms with E-state index in [9.17, 15) is 4.79 Å². The van der Waals surface area contributed by atoms with E-state index in [0.29, 0.717) is 5.56 Å². The van der Waals surface area contributed by atoms with Crippen molar-refractivity contribution in [3.8, 4) is 0 Å². The SMILES string of the molecule is O=C(O)c1ccccc1.[OH][Cu][OH]. The Kier molecular flexibility index (Phi) is 6.32. The maximum absolute atomic E-state index is 10.2. The van der Waals surface area contributed by atoms with Gasteiger partial charge in [0, 0.05) is 0 Å². The molecule has 0 saturated heterocycles. The Balaban J connectivity index is 0.000000354. The summed E-state index contributed by atoms with van der Waals surface area (Å²) in [4.78, 5) is 10.2. The van der Waals surface area contributed by atoms with Crippen molar-refractivity contribution in [1.29, 1.82) is 0 Å². The monoisotopic (exact) mass is 219 g/mol. The molecule has 0 spiro atoms. The number of rotatable bonds is 1. The molecule has 1 rings (SSSR count). The van der Waals surface area contributed by atoms with Gasteiger partial charge < -0.3 is 5.11 Å². The third-order valence-electron chi connectivity index (χ3n) is 1.02. The molecule has 5 heteroatoms. The number of carbonyl (C=O) groups is 1. The van der Waals surface area contributed by atoms with Crippen LogP contribution >= 0.6 is 0 Å². The van der Waals surface area contributed by atoms with Gasteiger partial charge in [0.15, 0.2) is 0 Å². The van der Waals surface area contributed by atoms with Gasteiger partial charge in [-0.1, -0.05) is 18.2 Å². The molecule has 1 aromatic carbocycles. The first-order valence-corrected chi connectivity index (χ1v) is 3.70. The van der Waals surface area contributed by atoms with Crippen molar-refractivity contribution in [1.82, 2.24) is 0 Å². The minimum atomic E-state index is -0.879. The van der Waals surface area contributed by atoms with Crippen LogP contribution in [0.5, 0.6) is 0 Å². The number of aromatic carboxylic acids is 1. The topological polar surface area (TPSA) is 77.8 Å². The van der Waals surface area contributed by atoms with Crippen LogP contribution in [0.2, 0.25) is 0 Å². The van der Waals surface area contributed by atoms with Gasteiger partial charge in [-0.15, -0.1) is 0 Å². The second-order valence-electron chi connectivity index (χ2n) is 1.73. The predicted molar refractivity (Wildman–Crippen MR) is 37.8 cm³/mol. The van der Waals surface area contributed by atoms with Crippen LogP contribution in [0.25, 0.3) is 0 Å². The molecule has 0 aromatic heterocycles. The van der Waals surface area contributed by atoms with Crippen molar-refractivity contribution >= 4 is 5.97 Å². The minimum absolute atomic E-state index is 0.188. The summed E-state index contributed by atoms with van der Waals surface area (Å²) in [5.74, 6) is -0.879. The third kappa shape index (κ3) is 4.87. The average Bonchev–Trinajstić information content (AvgIpc) is 2.07. The first-order chi connectivity index (χ1) is 5.72. The van der Waals surface area contributed by atoms with E-state index in [1.54, 1.807) is 30.3 Å². The van der Waals surface area contributed by atoms with Crippen LogP contribution in [0.3, 0.4) is 0 Å². The molecule has 0 amide bonds. The van der Waals surface area contributed by atoms with Crippen LogP contribution in [-0.2, 0) is 15.6 Å². The first-order valence-electron chi connectivity index (χ1n) is 2.86. The molecule has 0 aliphatic carbocycles. The second-order valence-corrected chi connectivity index (χ2v) is 1.92. The van der Waals surface area contributed by atoms with Gasteiger partial charge in [-0.2, -0.15) is 0 Å². The van der Waals surface area contributed by atoms with Gasteiger partial charge >= 0.3 is 30.0 Å². The summed E-state index contributed by atoms with van der Waals surface area (Å²) in [6.45, 7) is 0. The Labute approximate surface area is 76.3 Å². The van der Waals surface area contributed by atoms with Gasteiger partial charge in [-0.05, 0) is 12.1 Å². The summed E-state index contributed by atoms with van der Waals surface area (Å²) in [6.07, 6.45) is 0. The van der Waals surface area contributed by atoms with Gasteiger partial charge in [-0.3, -0.25) is 0 Å². The van der Waals surface area contributed by atoms with Crippen LogP contribution in [0.15, 0.2) is 30.3 Å². The molecule has 0 bridgehead atoms. The normalized spacial score (nSPS) is 8.50. The van der Waals surface area contributed by atoms with Gasteiger partial charge in [0.1, 0.15) is 0 Å². The average molecular weight is 220 g/mol. The number of benzene rings is 1. The van der Waals surface area contributed by atoms with Crippen molar-refractivity contribution < 1.29 is 33.9 Å². The Hall–Kier alpha value is -0.871. The van der Waals surface area contributed by atoms with Crippen LogP contribution in [0, 0.1) is 0 Å². The molecule has 0 saturated carbocycles. The fourth-order valence-electron chi connectivity index (χ4n) is 0.581. The van der Waals surface area contributed by atoms with E-state index in [-0.39, 0.29) is 15.6 Å². The van der Waals surface area contributed by atoms with Crippen molar-refractivity contribution in [2.45, 2.75) is 0 Å². The van der Waals surface area contributed by atoms with E-state index in [1.807, 2.05) is 0 Å². The molecule has 12 heavy (non-hydrogen) atoms. The van der Waals surface area contributed by atoms with Crippen molar-refractivity contribution in [2.75, 3.05) is 0 Å². The van der Waals surface area contributed by atoms with Crippen LogP contribution in [-0.4, -0.2) is 19.5 Å². The molecule has 4 nitrogen and oxygen atoms in total. The predicted octanol–water partition coefficient (Wildman–Crippen LogP) is 0.268. The molecule has 0 unspecified atom stereocenters. The van der Waals surface area contributed by atoms with E-state index < -0.39 is 5.97 Å². The molecule has 0 radical (unpaired) electrons. The zero-order chi connectivity index (χ0) is 9.40. The number of carboxylic acid groups (broad SMARTS) is 1. The summed E-state index contributed by atoms with van der Waals surface area (Å²) in [6, 6.07) is 8.30. The summed E-state index contributed by atoms with van der Waals surface area (Å²) in [5.41, 5.74) is 0.331. The van der Waals surface area contributed by atoms with E-state index in [1.165, 1.54) is 0 Å². The van der Waals surface area contributed by atoms with Crippen LogP contribution in [0.4, 0.5) is 0 Å². The van der Waals surface area contributed by atoms with Crippen LogP contribution in [0.1, 0.15) is 10.4 Å². The van der Waals surface area contributed by atoms with E-state index in [4.69, 9.17) is 13.5 Å². The third-order valence-corrected chi connectivity index (χ3v) is 1.02. The van der Waals surface area contributed by atoms with Crippen molar-refractivity contribution in [3.63, 3.8) is 0 Å². The summed E-state index contributed by atoms with van der Waals surface area (Å²) in [5, 5.41) is 8.38. The molecule has 0 fully saturated rings. The van der Waals surface area contributed by atoms with Crippen molar-refractivity contribution in [2.24, 2.45) is 0 Å². The molecule has 0 heterocycles. The first kappa shape index (κ1) is 11.1. The van der Waals surface area contributed by atoms with Crippen LogP contribution < -0.4 is 0 Å². The van der Waals surface area contributed by atoms with Gasteiger partial charge in [0.05, 0.1) is 5.56 Å². The molecule has 0 aliphatic heterocycles. The molecule has 0 aliphatic rings. The zero-order valence-electron chi connectivity index (χ0n) is 5.94. The van der Waals surface area contributed by atoms with Gasteiger partial charge in [0.2, 0.25) is 0 Å². The Morgan fingerprint density at radius 2 is 1.58 bits per heavy atom. The zero-order valence-corrected chi connectivity index (χ0v) is 6.88. The molecule has 71 valence electrons. The van der Waals surface area contributed by atoms with Gasteiger partial charge in [0.25, 0.3) is 0 Å². The van der Waals surface area contributed by atoms with Gasteiger partial charge in [-0.25, -0.2) is 4.79 Å². The number of hydrogen-bond acceptors (Lipinski definition) is 3. The van der Waals surface area contributed by atoms with E-state index >= 15 is 0 Å².